The second-order valence-electron chi connectivity index (χ2n) is 8.07. The summed E-state index contributed by atoms with van der Waals surface area (Å²) in [4.78, 5) is 28.7. The van der Waals surface area contributed by atoms with Crippen LogP contribution < -0.4 is 5.32 Å². The second kappa shape index (κ2) is 12.1. The van der Waals surface area contributed by atoms with Gasteiger partial charge in [-0.1, -0.05) is 13.8 Å². The summed E-state index contributed by atoms with van der Waals surface area (Å²) in [6, 6.07) is 5.91. The molecule has 11 heteroatoms. The molecule has 1 amide bonds. The lowest BCUT2D eigenvalue weighted by molar-refractivity contribution is 0.0600. The van der Waals surface area contributed by atoms with Crippen molar-refractivity contribution in [1.29, 1.82) is 0 Å². The third-order valence-corrected chi connectivity index (χ3v) is 8.61. The number of carbonyl (C=O) groups is 2. The summed E-state index contributed by atoms with van der Waals surface area (Å²) in [6.45, 7) is 6.31. The van der Waals surface area contributed by atoms with Crippen LogP contribution in [-0.2, 0) is 27.7 Å². The monoisotopic (exact) mass is 529 g/mol. The summed E-state index contributed by atoms with van der Waals surface area (Å²) >= 11 is 1.38. The van der Waals surface area contributed by atoms with Gasteiger partial charge >= 0.3 is 5.97 Å². The Balaban J connectivity index is 0.00000408. The largest absolute Gasteiger partial charge is 0.465 e. The van der Waals surface area contributed by atoms with E-state index < -0.39 is 21.9 Å². The predicted molar refractivity (Wildman–Crippen MR) is 137 cm³/mol. The van der Waals surface area contributed by atoms with E-state index >= 15 is 0 Å². The standard InChI is InChI=1S/C23H31N3O5S2.ClH/c1-5-12-26(13-6-2)33(29,30)17-9-7-16(8-10-17)21(27)24-22-20(23(28)31-4)18-11-14-25(3)15-19(18)32-22;/h7-10H,5-6,11-15H2,1-4H3,(H,24,27);1H. The number of anilines is 1. The number of nitrogens with zero attached hydrogens (tertiary/aromatic N) is 2. The molecule has 0 atom stereocenters. The highest BCUT2D eigenvalue weighted by atomic mass is 35.5. The Hall–Kier alpha value is -1.98. The first kappa shape index (κ1) is 28.3. The van der Waals surface area contributed by atoms with Gasteiger partial charge in [0.25, 0.3) is 5.91 Å². The summed E-state index contributed by atoms with van der Waals surface area (Å²) in [5.74, 6) is -0.879. The number of amides is 1. The van der Waals surface area contributed by atoms with Gasteiger partial charge in [0, 0.05) is 36.6 Å². The van der Waals surface area contributed by atoms with Crippen molar-refractivity contribution in [1.82, 2.24) is 9.21 Å². The van der Waals surface area contributed by atoms with Crippen molar-refractivity contribution in [3.05, 3.63) is 45.8 Å². The molecule has 0 spiro atoms. The number of thiophene rings is 1. The quantitative estimate of drug-likeness (QED) is 0.493. The van der Waals surface area contributed by atoms with E-state index in [1.165, 1.54) is 47.0 Å². The minimum absolute atomic E-state index is 0. The molecule has 0 radical (unpaired) electrons. The summed E-state index contributed by atoms with van der Waals surface area (Å²) in [7, 11) is -0.281. The molecule has 0 bridgehead atoms. The molecule has 0 aliphatic carbocycles. The number of fused-ring (bicyclic) bond motifs is 1. The molecule has 2 aromatic rings. The minimum Gasteiger partial charge on any atom is -0.465 e. The Bertz CT molecular complexity index is 1110. The molecule has 1 aliphatic heterocycles. The van der Waals surface area contributed by atoms with Crippen LogP contribution in [0.4, 0.5) is 5.00 Å². The molecule has 0 fully saturated rings. The number of methoxy groups -OCH3 is 1. The van der Waals surface area contributed by atoms with Gasteiger partial charge in [0.05, 0.1) is 17.6 Å². The molecule has 8 nitrogen and oxygen atoms in total. The van der Waals surface area contributed by atoms with E-state index in [2.05, 4.69) is 10.2 Å². The van der Waals surface area contributed by atoms with Crippen molar-refractivity contribution < 1.29 is 22.7 Å². The van der Waals surface area contributed by atoms with E-state index in [1.54, 1.807) is 0 Å². The third kappa shape index (κ3) is 5.98. The summed E-state index contributed by atoms with van der Waals surface area (Å²) in [6.07, 6.45) is 2.16. The number of nitrogens with one attached hydrogen (secondary N) is 1. The first-order valence-electron chi connectivity index (χ1n) is 11.1. The lowest BCUT2D eigenvalue weighted by atomic mass is 10.0. The number of ether oxygens (including phenoxy) is 1. The number of sulfonamides is 1. The van der Waals surface area contributed by atoms with Crippen molar-refractivity contribution in [3.63, 3.8) is 0 Å². The van der Waals surface area contributed by atoms with Gasteiger partial charge in [-0.3, -0.25) is 4.79 Å². The van der Waals surface area contributed by atoms with Crippen molar-refractivity contribution in [2.75, 3.05) is 39.1 Å². The van der Waals surface area contributed by atoms with Crippen LogP contribution in [0.1, 0.15) is 57.8 Å². The van der Waals surface area contributed by atoms with Gasteiger partial charge in [-0.25, -0.2) is 13.2 Å². The van der Waals surface area contributed by atoms with Gasteiger partial charge in [-0.15, -0.1) is 23.7 Å². The van der Waals surface area contributed by atoms with Crippen molar-refractivity contribution in [3.8, 4) is 0 Å². The molecule has 3 rings (SSSR count). The van der Waals surface area contributed by atoms with E-state index in [4.69, 9.17) is 4.74 Å². The average Bonchev–Trinajstić information content (AvgIpc) is 3.15. The zero-order valence-corrected chi connectivity index (χ0v) is 22.4. The van der Waals surface area contributed by atoms with Crippen LogP contribution in [0.25, 0.3) is 0 Å². The normalized spacial score (nSPS) is 13.8. The van der Waals surface area contributed by atoms with Crippen molar-refractivity contribution >= 4 is 50.6 Å². The van der Waals surface area contributed by atoms with E-state index in [-0.39, 0.29) is 17.3 Å². The molecule has 0 saturated carbocycles. The molecule has 1 aromatic carbocycles. The predicted octanol–water partition coefficient (Wildman–Crippen LogP) is 4.01. The Kier molecular flexibility index (Phi) is 10.1. The van der Waals surface area contributed by atoms with E-state index in [1.807, 2.05) is 20.9 Å². The van der Waals surface area contributed by atoms with Crippen LogP contribution in [-0.4, -0.2) is 63.3 Å². The topological polar surface area (TPSA) is 96.0 Å². The highest BCUT2D eigenvalue weighted by Gasteiger charge is 2.29. The molecule has 1 N–H and O–H groups in total. The summed E-state index contributed by atoms with van der Waals surface area (Å²) in [5.41, 5.74) is 1.65. The molecular formula is C23H32ClN3O5S2. The molecular weight excluding hydrogens is 498 g/mol. The fourth-order valence-electron chi connectivity index (χ4n) is 3.89. The van der Waals surface area contributed by atoms with Crippen molar-refractivity contribution in [2.24, 2.45) is 0 Å². The lowest BCUT2D eigenvalue weighted by Crippen LogP contribution is -2.32. The SMILES string of the molecule is CCCN(CCC)S(=O)(=O)c1ccc(C(=O)Nc2sc3c(c2C(=O)OC)CCN(C)C3)cc1.Cl. The zero-order chi connectivity index (χ0) is 24.2. The van der Waals surface area contributed by atoms with Gasteiger partial charge in [-0.05, 0) is 56.1 Å². The third-order valence-electron chi connectivity index (χ3n) is 5.56. The fourth-order valence-corrected chi connectivity index (χ4v) is 6.83. The van der Waals surface area contributed by atoms with E-state index in [0.29, 0.717) is 42.2 Å². The Morgan fingerprint density at radius 1 is 1.15 bits per heavy atom. The number of esters is 1. The fraction of sp³-hybridized carbons (Fsp3) is 0.478. The number of rotatable bonds is 9. The number of hydrogen-bond acceptors (Lipinski definition) is 7. The first-order valence-corrected chi connectivity index (χ1v) is 13.3. The van der Waals surface area contributed by atoms with Crippen molar-refractivity contribution in [2.45, 2.75) is 44.6 Å². The second-order valence-corrected chi connectivity index (χ2v) is 11.1. The molecule has 188 valence electrons. The maximum absolute atomic E-state index is 12.9. The molecule has 2 heterocycles. The minimum atomic E-state index is -3.62. The van der Waals surface area contributed by atoms with Gasteiger partial charge in [-0.2, -0.15) is 4.31 Å². The number of benzene rings is 1. The maximum atomic E-state index is 12.9. The van der Waals surface area contributed by atoms with Crippen LogP contribution >= 0.6 is 23.7 Å². The number of likely N-dealkylation sites (N-methyl/N-ethyl adjacent to an activating group) is 1. The Morgan fingerprint density at radius 2 is 1.76 bits per heavy atom. The van der Waals surface area contributed by atoms with E-state index in [0.717, 1.165) is 29.8 Å². The Morgan fingerprint density at radius 3 is 2.32 bits per heavy atom. The smallest absolute Gasteiger partial charge is 0.341 e. The molecule has 0 saturated heterocycles. The molecule has 34 heavy (non-hydrogen) atoms. The van der Waals surface area contributed by atoms with Crippen LogP contribution in [0.15, 0.2) is 29.2 Å². The molecule has 1 aromatic heterocycles. The Labute approximate surface area is 211 Å². The zero-order valence-electron chi connectivity index (χ0n) is 19.9. The van der Waals surface area contributed by atoms with Crippen LogP contribution in [0, 0.1) is 0 Å². The number of hydrogen-bond donors (Lipinski definition) is 1. The van der Waals surface area contributed by atoms with Crippen LogP contribution in [0.3, 0.4) is 0 Å². The number of carbonyl (C=O) groups excluding carboxylic acids is 2. The summed E-state index contributed by atoms with van der Waals surface area (Å²) < 4.78 is 32.3. The molecule has 0 unspecified atom stereocenters. The van der Waals surface area contributed by atoms with Crippen LogP contribution in [0.2, 0.25) is 0 Å². The maximum Gasteiger partial charge on any atom is 0.341 e. The van der Waals surface area contributed by atoms with Crippen LogP contribution in [0.5, 0.6) is 0 Å². The van der Waals surface area contributed by atoms with Gasteiger partial charge in [0.2, 0.25) is 10.0 Å². The number of halogens is 1. The van der Waals surface area contributed by atoms with Gasteiger partial charge in [0.1, 0.15) is 5.00 Å². The van der Waals surface area contributed by atoms with E-state index in [9.17, 15) is 18.0 Å². The summed E-state index contributed by atoms with van der Waals surface area (Å²) in [5, 5.41) is 3.30. The van der Waals surface area contributed by atoms with Gasteiger partial charge in [0.15, 0.2) is 0 Å². The average molecular weight is 530 g/mol. The highest BCUT2D eigenvalue weighted by molar-refractivity contribution is 7.89. The highest BCUT2D eigenvalue weighted by Crippen LogP contribution is 2.37. The van der Waals surface area contributed by atoms with Gasteiger partial charge < -0.3 is 15.0 Å². The first-order chi connectivity index (χ1) is 15.7. The molecule has 1 aliphatic rings. The lowest BCUT2D eigenvalue weighted by Gasteiger charge is -2.22.